The number of anilines is 2. The summed E-state index contributed by atoms with van der Waals surface area (Å²) < 4.78 is 1.83. The molecule has 0 atom stereocenters. The first-order chi connectivity index (χ1) is 8.19. The van der Waals surface area contributed by atoms with Crippen LogP contribution in [0.25, 0.3) is 0 Å². The van der Waals surface area contributed by atoms with Gasteiger partial charge in [-0.05, 0) is 47.6 Å². The van der Waals surface area contributed by atoms with Crippen molar-refractivity contribution in [2.24, 2.45) is 5.18 Å². The Morgan fingerprint density at radius 3 is 2.24 bits per heavy atom. The van der Waals surface area contributed by atoms with Gasteiger partial charge in [0, 0.05) is 14.6 Å². The molecule has 17 heavy (non-hydrogen) atoms. The smallest absolute Gasteiger partial charge is 0.132 e. The summed E-state index contributed by atoms with van der Waals surface area (Å²) in [6.45, 7) is 0. The van der Waals surface area contributed by atoms with E-state index in [4.69, 9.17) is 0 Å². The fraction of sp³-hybridized carbons (Fsp3) is 0. The molecule has 0 amide bonds. The fourth-order valence-electron chi connectivity index (χ4n) is 1.37. The van der Waals surface area contributed by atoms with Crippen molar-refractivity contribution in [2.75, 3.05) is 5.32 Å². The van der Waals surface area contributed by atoms with E-state index in [-0.39, 0.29) is 0 Å². The monoisotopic (exact) mass is 354 g/mol. The van der Waals surface area contributed by atoms with Crippen LogP contribution >= 0.6 is 31.9 Å². The van der Waals surface area contributed by atoms with Crippen molar-refractivity contribution in [3.8, 4) is 0 Å². The quantitative estimate of drug-likeness (QED) is 0.753. The third-order valence-corrected chi connectivity index (χ3v) is 3.20. The van der Waals surface area contributed by atoms with E-state index in [1.807, 2.05) is 36.4 Å². The second-order valence-electron chi connectivity index (χ2n) is 3.38. The van der Waals surface area contributed by atoms with Gasteiger partial charge in [-0.2, -0.15) is 0 Å². The van der Waals surface area contributed by atoms with Crippen LogP contribution in [-0.4, -0.2) is 0 Å². The molecule has 0 aliphatic rings. The van der Waals surface area contributed by atoms with E-state index in [9.17, 15) is 4.91 Å². The van der Waals surface area contributed by atoms with E-state index >= 15 is 0 Å². The minimum Gasteiger partial charge on any atom is -0.354 e. The molecule has 2 aromatic rings. The van der Waals surface area contributed by atoms with Crippen molar-refractivity contribution in [1.29, 1.82) is 0 Å². The van der Waals surface area contributed by atoms with Crippen molar-refractivity contribution < 1.29 is 0 Å². The molecule has 0 radical (unpaired) electrons. The molecular formula is C12H8Br2N2O. The Labute approximate surface area is 115 Å². The number of benzene rings is 2. The average molecular weight is 356 g/mol. The lowest BCUT2D eigenvalue weighted by molar-refractivity contribution is 1.44. The number of rotatable bonds is 3. The van der Waals surface area contributed by atoms with Crippen LogP contribution in [0.1, 0.15) is 0 Å². The number of nitrogens with one attached hydrogen (secondary N) is 1. The van der Waals surface area contributed by atoms with Gasteiger partial charge in [-0.3, -0.25) is 0 Å². The maximum atomic E-state index is 10.7. The van der Waals surface area contributed by atoms with Crippen LogP contribution in [0.4, 0.5) is 17.1 Å². The van der Waals surface area contributed by atoms with Gasteiger partial charge in [0.05, 0.1) is 5.69 Å². The van der Waals surface area contributed by atoms with Crippen LogP contribution in [0.3, 0.4) is 0 Å². The van der Waals surface area contributed by atoms with Crippen molar-refractivity contribution in [2.45, 2.75) is 0 Å². The van der Waals surface area contributed by atoms with Crippen LogP contribution < -0.4 is 5.32 Å². The highest BCUT2D eigenvalue weighted by Crippen LogP contribution is 2.31. The van der Waals surface area contributed by atoms with Gasteiger partial charge in [0.15, 0.2) is 0 Å². The Morgan fingerprint density at radius 2 is 1.59 bits per heavy atom. The van der Waals surface area contributed by atoms with Gasteiger partial charge in [-0.15, -0.1) is 4.91 Å². The molecule has 1 N–H and O–H groups in total. The fourth-order valence-corrected chi connectivity index (χ4v) is 1.99. The highest BCUT2D eigenvalue weighted by molar-refractivity contribution is 9.10. The molecule has 0 heterocycles. The van der Waals surface area contributed by atoms with Crippen LogP contribution in [0.15, 0.2) is 56.6 Å². The molecule has 2 rings (SSSR count). The summed E-state index contributed by atoms with van der Waals surface area (Å²) in [7, 11) is 0. The van der Waals surface area contributed by atoms with E-state index in [2.05, 4.69) is 42.4 Å². The van der Waals surface area contributed by atoms with Gasteiger partial charge in [0.25, 0.3) is 0 Å². The van der Waals surface area contributed by atoms with E-state index in [0.717, 1.165) is 14.6 Å². The average Bonchev–Trinajstić information content (AvgIpc) is 2.34. The van der Waals surface area contributed by atoms with Gasteiger partial charge in [0.2, 0.25) is 0 Å². The minimum atomic E-state index is 0.377. The Kier molecular flexibility index (Phi) is 3.91. The number of nitroso groups, excluding NO2 is 1. The summed E-state index contributed by atoms with van der Waals surface area (Å²) in [4.78, 5) is 10.7. The first-order valence-corrected chi connectivity index (χ1v) is 6.43. The summed E-state index contributed by atoms with van der Waals surface area (Å²) in [6.07, 6.45) is 0. The van der Waals surface area contributed by atoms with Crippen LogP contribution in [0, 0.1) is 4.91 Å². The third kappa shape index (κ3) is 3.14. The van der Waals surface area contributed by atoms with Crippen LogP contribution in [-0.2, 0) is 0 Å². The lowest BCUT2D eigenvalue weighted by Gasteiger charge is -2.08. The van der Waals surface area contributed by atoms with Crippen LogP contribution in [0.5, 0.6) is 0 Å². The molecule has 0 spiro atoms. The molecule has 0 fully saturated rings. The summed E-state index contributed by atoms with van der Waals surface area (Å²) in [5.41, 5.74) is 1.97. The summed E-state index contributed by atoms with van der Waals surface area (Å²) in [5.74, 6) is 0. The van der Waals surface area contributed by atoms with Crippen molar-refractivity contribution in [3.05, 3.63) is 56.3 Å². The molecule has 0 bridgehead atoms. The molecule has 0 aromatic heterocycles. The van der Waals surface area contributed by atoms with E-state index in [1.165, 1.54) is 0 Å². The zero-order valence-electron chi connectivity index (χ0n) is 8.65. The van der Waals surface area contributed by atoms with E-state index in [1.54, 1.807) is 6.07 Å². The molecule has 5 heteroatoms. The van der Waals surface area contributed by atoms with E-state index in [0.29, 0.717) is 11.4 Å². The molecule has 0 saturated heterocycles. The maximum Gasteiger partial charge on any atom is 0.132 e. The minimum absolute atomic E-state index is 0.377. The Balaban J connectivity index is 2.29. The molecule has 2 aromatic carbocycles. The molecule has 0 aliphatic heterocycles. The Hall–Kier alpha value is -1.20. The van der Waals surface area contributed by atoms with Gasteiger partial charge in [0.1, 0.15) is 5.69 Å². The second kappa shape index (κ2) is 5.42. The van der Waals surface area contributed by atoms with Gasteiger partial charge < -0.3 is 5.32 Å². The zero-order chi connectivity index (χ0) is 12.3. The van der Waals surface area contributed by atoms with Crippen molar-refractivity contribution >= 4 is 48.9 Å². The first-order valence-electron chi connectivity index (χ1n) is 4.84. The molecule has 86 valence electrons. The predicted octanol–water partition coefficient (Wildman–Crippen LogP) is 5.35. The predicted molar refractivity (Wildman–Crippen MR) is 77.0 cm³/mol. The topological polar surface area (TPSA) is 41.5 Å². The van der Waals surface area contributed by atoms with Crippen molar-refractivity contribution in [3.63, 3.8) is 0 Å². The lowest BCUT2D eigenvalue weighted by atomic mass is 10.2. The maximum absolute atomic E-state index is 10.7. The number of halogens is 2. The van der Waals surface area contributed by atoms with Crippen LogP contribution in [0.2, 0.25) is 0 Å². The Bertz CT molecular complexity index is 541. The highest BCUT2D eigenvalue weighted by atomic mass is 79.9. The summed E-state index contributed by atoms with van der Waals surface area (Å²) in [6, 6.07) is 13.0. The molecular weight excluding hydrogens is 348 g/mol. The normalized spacial score (nSPS) is 10.0. The highest BCUT2D eigenvalue weighted by Gasteiger charge is 2.04. The lowest BCUT2D eigenvalue weighted by Crippen LogP contribution is -1.90. The molecule has 0 unspecified atom stereocenters. The van der Waals surface area contributed by atoms with Gasteiger partial charge in [-0.1, -0.05) is 31.9 Å². The number of nitrogens with zero attached hydrogens (tertiary/aromatic N) is 1. The molecule has 0 saturated carbocycles. The molecule has 0 aliphatic carbocycles. The van der Waals surface area contributed by atoms with E-state index < -0.39 is 0 Å². The first kappa shape index (κ1) is 12.3. The Morgan fingerprint density at radius 1 is 0.941 bits per heavy atom. The SMILES string of the molecule is O=Nc1cc(Br)ccc1Nc1ccc(Br)cc1. The standard InChI is InChI=1S/C12H8Br2N2O/c13-8-1-4-10(5-2-8)15-11-6-3-9(14)7-12(11)16-17/h1-7,15H. The zero-order valence-corrected chi connectivity index (χ0v) is 11.8. The summed E-state index contributed by atoms with van der Waals surface area (Å²) in [5, 5.41) is 6.14. The third-order valence-electron chi connectivity index (χ3n) is 2.18. The number of hydrogen-bond acceptors (Lipinski definition) is 3. The van der Waals surface area contributed by atoms with Gasteiger partial charge >= 0.3 is 0 Å². The molecule has 3 nitrogen and oxygen atoms in total. The number of hydrogen-bond donors (Lipinski definition) is 1. The second-order valence-corrected chi connectivity index (χ2v) is 5.22. The largest absolute Gasteiger partial charge is 0.354 e. The summed E-state index contributed by atoms with van der Waals surface area (Å²) >= 11 is 6.67. The van der Waals surface area contributed by atoms with Crippen molar-refractivity contribution in [1.82, 2.24) is 0 Å². The van der Waals surface area contributed by atoms with Gasteiger partial charge in [-0.25, -0.2) is 0 Å².